The highest BCUT2D eigenvalue weighted by atomic mass is 79.9. The van der Waals surface area contributed by atoms with E-state index in [4.69, 9.17) is 5.73 Å². The zero-order valence-electron chi connectivity index (χ0n) is 9.51. The normalized spacial score (nSPS) is 17.1. The molecule has 94 valence electrons. The molecular formula is C12H16BrFN2S. The van der Waals surface area contributed by atoms with E-state index in [1.54, 1.807) is 6.07 Å². The maximum absolute atomic E-state index is 13.4. The maximum atomic E-state index is 13.4. The minimum Gasteiger partial charge on any atom is -0.397 e. The van der Waals surface area contributed by atoms with Crippen LogP contribution in [0.5, 0.6) is 0 Å². The molecule has 0 saturated carbocycles. The second-order valence-electron chi connectivity index (χ2n) is 4.29. The van der Waals surface area contributed by atoms with Crippen LogP contribution in [0.3, 0.4) is 0 Å². The van der Waals surface area contributed by atoms with Gasteiger partial charge in [0.2, 0.25) is 0 Å². The largest absolute Gasteiger partial charge is 0.397 e. The predicted molar refractivity (Wildman–Crippen MR) is 77.1 cm³/mol. The Morgan fingerprint density at radius 3 is 2.82 bits per heavy atom. The minimum absolute atomic E-state index is 0.277. The summed E-state index contributed by atoms with van der Waals surface area (Å²) in [5, 5.41) is 3.26. The van der Waals surface area contributed by atoms with Gasteiger partial charge in [0.15, 0.2) is 0 Å². The molecule has 1 saturated heterocycles. The number of nitrogens with two attached hydrogens (primary N) is 1. The molecule has 2 rings (SSSR count). The molecule has 0 atom stereocenters. The van der Waals surface area contributed by atoms with Gasteiger partial charge < -0.3 is 11.1 Å². The van der Waals surface area contributed by atoms with Crippen molar-refractivity contribution in [3.05, 3.63) is 22.4 Å². The van der Waals surface area contributed by atoms with Crippen molar-refractivity contribution in [3.63, 3.8) is 0 Å². The first-order valence-electron chi connectivity index (χ1n) is 5.73. The van der Waals surface area contributed by atoms with Crippen LogP contribution in [0, 0.1) is 11.7 Å². The van der Waals surface area contributed by atoms with Crippen LogP contribution in [0.1, 0.15) is 12.8 Å². The Hall–Kier alpha value is -0.420. The average Bonchev–Trinajstić information content (AvgIpc) is 2.33. The van der Waals surface area contributed by atoms with Crippen LogP contribution in [0.15, 0.2) is 16.6 Å². The molecule has 1 aliphatic rings. The summed E-state index contributed by atoms with van der Waals surface area (Å²) in [7, 11) is 0. The second-order valence-corrected chi connectivity index (χ2v) is 6.37. The molecule has 0 unspecified atom stereocenters. The molecule has 0 amide bonds. The van der Waals surface area contributed by atoms with Crippen LogP contribution in [0.4, 0.5) is 15.8 Å². The molecule has 0 bridgehead atoms. The molecule has 0 spiro atoms. The van der Waals surface area contributed by atoms with E-state index in [-0.39, 0.29) is 5.82 Å². The van der Waals surface area contributed by atoms with Gasteiger partial charge in [-0.15, -0.1) is 0 Å². The summed E-state index contributed by atoms with van der Waals surface area (Å²) in [4.78, 5) is 0. The molecule has 1 aliphatic heterocycles. The van der Waals surface area contributed by atoms with E-state index in [0.29, 0.717) is 21.8 Å². The fraction of sp³-hybridized carbons (Fsp3) is 0.500. The third kappa shape index (κ3) is 3.52. The molecule has 1 aromatic rings. The number of thioether (sulfide) groups is 1. The van der Waals surface area contributed by atoms with Crippen LogP contribution in [-0.2, 0) is 0 Å². The van der Waals surface area contributed by atoms with Crippen molar-refractivity contribution in [1.82, 2.24) is 0 Å². The zero-order chi connectivity index (χ0) is 12.3. The quantitative estimate of drug-likeness (QED) is 0.834. The Labute approximate surface area is 114 Å². The average molecular weight is 319 g/mol. The molecule has 5 heteroatoms. The van der Waals surface area contributed by atoms with Crippen molar-refractivity contribution < 1.29 is 4.39 Å². The van der Waals surface area contributed by atoms with Gasteiger partial charge in [0.25, 0.3) is 0 Å². The fourth-order valence-corrected chi connectivity index (χ4v) is 3.49. The lowest BCUT2D eigenvalue weighted by Crippen LogP contribution is -2.19. The number of anilines is 2. The number of hydrogen-bond donors (Lipinski definition) is 2. The van der Waals surface area contributed by atoms with Gasteiger partial charge in [-0.25, -0.2) is 4.39 Å². The van der Waals surface area contributed by atoms with Gasteiger partial charge in [-0.2, -0.15) is 11.8 Å². The Bertz CT molecular complexity index is 394. The SMILES string of the molecule is Nc1cc(Br)c(F)cc1NCC1CCSCC1. The number of nitrogens with one attached hydrogen (secondary N) is 1. The Morgan fingerprint density at radius 2 is 2.12 bits per heavy atom. The monoisotopic (exact) mass is 318 g/mol. The molecule has 0 radical (unpaired) electrons. The van der Waals surface area contributed by atoms with Gasteiger partial charge >= 0.3 is 0 Å². The molecule has 2 nitrogen and oxygen atoms in total. The molecule has 0 aliphatic carbocycles. The number of halogens is 2. The van der Waals surface area contributed by atoms with E-state index in [2.05, 4.69) is 21.2 Å². The van der Waals surface area contributed by atoms with Crippen LogP contribution >= 0.6 is 27.7 Å². The standard InChI is InChI=1S/C12H16BrFN2S/c13-9-5-11(15)12(6-10(9)14)16-7-8-1-3-17-4-2-8/h5-6,8,16H,1-4,7,15H2. The van der Waals surface area contributed by atoms with E-state index < -0.39 is 0 Å². The highest BCUT2D eigenvalue weighted by molar-refractivity contribution is 9.10. The summed E-state index contributed by atoms with van der Waals surface area (Å²) in [6.07, 6.45) is 2.47. The Balaban J connectivity index is 1.96. The van der Waals surface area contributed by atoms with Crippen molar-refractivity contribution in [2.75, 3.05) is 29.1 Å². The summed E-state index contributed by atoms with van der Waals surface area (Å²) in [5.74, 6) is 2.87. The van der Waals surface area contributed by atoms with Gasteiger partial charge in [-0.05, 0) is 52.3 Å². The molecule has 1 aromatic carbocycles. The van der Waals surface area contributed by atoms with E-state index in [1.807, 2.05) is 11.8 Å². The third-order valence-electron chi connectivity index (χ3n) is 3.01. The van der Waals surface area contributed by atoms with E-state index in [9.17, 15) is 4.39 Å². The van der Waals surface area contributed by atoms with Crippen molar-refractivity contribution in [3.8, 4) is 0 Å². The van der Waals surface area contributed by atoms with E-state index >= 15 is 0 Å². The topological polar surface area (TPSA) is 38.0 Å². The van der Waals surface area contributed by atoms with Gasteiger partial charge in [-0.1, -0.05) is 0 Å². The van der Waals surface area contributed by atoms with Crippen molar-refractivity contribution in [1.29, 1.82) is 0 Å². The zero-order valence-corrected chi connectivity index (χ0v) is 11.9. The van der Waals surface area contributed by atoms with Gasteiger partial charge in [0.1, 0.15) is 5.82 Å². The molecular weight excluding hydrogens is 303 g/mol. The lowest BCUT2D eigenvalue weighted by atomic mass is 10.0. The molecule has 3 N–H and O–H groups in total. The molecule has 1 heterocycles. The Morgan fingerprint density at radius 1 is 1.41 bits per heavy atom. The van der Waals surface area contributed by atoms with Crippen LogP contribution < -0.4 is 11.1 Å². The highest BCUT2D eigenvalue weighted by Gasteiger charge is 2.14. The summed E-state index contributed by atoms with van der Waals surface area (Å²) in [6.45, 7) is 0.881. The van der Waals surface area contributed by atoms with Gasteiger partial charge in [0, 0.05) is 12.6 Å². The number of rotatable bonds is 3. The lowest BCUT2D eigenvalue weighted by molar-refractivity contribution is 0.516. The van der Waals surface area contributed by atoms with E-state index in [0.717, 1.165) is 6.54 Å². The van der Waals surface area contributed by atoms with Crippen molar-refractivity contribution >= 4 is 39.1 Å². The van der Waals surface area contributed by atoms with Crippen LogP contribution in [0.25, 0.3) is 0 Å². The smallest absolute Gasteiger partial charge is 0.139 e. The summed E-state index contributed by atoms with van der Waals surface area (Å²) >= 11 is 5.13. The van der Waals surface area contributed by atoms with Crippen molar-refractivity contribution in [2.24, 2.45) is 5.92 Å². The molecule has 0 aromatic heterocycles. The highest BCUT2D eigenvalue weighted by Crippen LogP contribution is 2.28. The van der Waals surface area contributed by atoms with E-state index in [1.165, 1.54) is 30.4 Å². The van der Waals surface area contributed by atoms with Gasteiger partial charge in [0.05, 0.1) is 15.8 Å². The minimum atomic E-state index is -0.277. The Kier molecular flexibility index (Phi) is 4.56. The predicted octanol–water partition coefficient (Wildman–Crippen LogP) is 3.73. The lowest BCUT2D eigenvalue weighted by Gasteiger charge is -2.22. The summed E-state index contributed by atoms with van der Waals surface area (Å²) < 4.78 is 13.8. The molecule has 17 heavy (non-hydrogen) atoms. The summed E-state index contributed by atoms with van der Waals surface area (Å²) in [6, 6.07) is 3.06. The number of hydrogen-bond acceptors (Lipinski definition) is 3. The number of benzene rings is 1. The number of nitrogen functional groups attached to an aromatic ring is 1. The molecule has 1 fully saturated rings. The first-order chi connectivity index (χ1) is 8.16. The van der Waals surface area contributed by atoms with Crippen LogP contribution in [-0.4, -0.2) is 18.1 Å². The fourth-order valence-electron chi connectivity index (χ4n) is 1.92. The third-order valence-corrected chi connectivity index (χ3v) is 4.67. The van der Waals surface area contributed by atoms with Crippen molar-refractivity contribution in [2.45, 2.75) is 12.8 Å². The first-order valence-corrected chi connectivity index (χ1v) is 7.67. The second kappa shape index (κ2) is 5.96. The first kappa shape index (κ1) is 13.0. The summed E-state index contributed by atoms with van der Waals surface area (Å²) in [5.41, 5.74) is 7.13. The maximum Gasteiger partial charge on any atom is 0.139 e. The van der Waals surface area contributed by atoms with Gasteiger partial charge in [-0.3, -0.25) is 0 Å². The van der Waals surface area contributed by atoms with Crippen LogP contribution in [0.2, 0.25) is 0 Å².